The Balaban J connectivity index is 4.06. The molecule has 0 spiro atoms. The molecule has 10 heteroatoms. The third kappa shape index (κ3) is 62.4. The molecule has 0 amide bonds. The molecule has 0 aromatic rings. The van der Waals surface area contributed by atoms with E-state index in [0.717, 1.165) is 70.6 Å². The number of carbonyl (C=O) groups excluding carboxylic acids is 2. The monoisotopic (exact) mass is 1110 g/mol. The van der Waals surface area contributed by atoms with Gasteiger partial charge in [-0.15, -0.1) is 0 Å². The minimum absolute atomic E-state index is 0.0294. The van der Waals surface area contributed by atoms with Crippen LogP contribution in [0.5, 0.6) is 0 Å². The van der Waals surface area contributed by atoms with Crippen LogP contribution in [0.4, 0.5) is 0 Å². The lowest BCUT2D eigenvalue weighted by Gasteiger charge is -2.24. The van der Waals surface area contributed by atoms with Crippen LogP contribution in [0.15, 0.2) is 85.1 Å². The summed E-state index contributed by atoms with van der Waals surface area (Å²) in [5.74, 6) is -0.795. The number of allylic oxidation sites excluding steroid dienone is 14. The molecule has 2 atom stereocenters. The van der Waals surface area contributed by atoms with Crippen molar-refractivity contribution in [3.05, 3.63) is 85.1 Å². The van der Waals surface area contributed by atoms with E-state index >= 15 is 0 Å². The average molecular weight is 1110 g/mol. The second-order valence-electron chi connectivity index (χ2n) is 22.8. The van der Waals surface area contributed by atoms with Gasteiger partial charge in [-0.1, -0.05) is 266 Å². The first-order valence-corrected chi connectivity index (χ1v) is 33.8. The Kier molecular flexibility index (Phi) is 56.7. The molecule has 2 unspecified atom stereocenters. The predicted molar refractivity (Wildman–Crippen MR) is 335 cm³/mol. The van der Waals surface area contributed by atoms with Gasteiger partial charge in [-0.25, -0.2) is 4.57 Å². The summed E-state index contributed by atoms with van der Waals surface area (Å²) in [6.45, 7) is 4.33. The van der Waals surface area contributed by atoms with Crippen LogP contribution in [0, 0.1) is 0 Å². The zero-order valence-electron chi connectivity index (χ0n) is 51.4. The van der Waals surface area contributed by atoms with E-state index in [0.29, 0.717) is 17.4 Å². The van der Waals surface area contributed by atoms with Gasteiger partial charge in [0.25, 0.3) is 0 Å². The molecule has 0 radical (unpaired) electrons. The number of hydrogen-bond acceptors (Lipinski definition) is 7. The van der Waals surface area contributed by atoms with Crippen molar-refractivity contribution in [2.24, 2.45) is 0 Å². The quantitative estimate of drug-likeness (QED) is 0.0211. The van der Waals surface area contributed by atoms with Gasteiger partial charge < -0.3 is 18.9 Å². The van der Waals surface area contributed by atoms with E-state index in [1.54, 1.807) is 0 Å². The van der Waals surface area contributed by atoms with Gasteiger partial charge in [0.15, 0.2) is 6.10 Å². The Labute approximate surface area is 481 Å². The number of hydrogen-bond donors (Lipinski definition) is 1. The number of phosphoric ester groups is 1. The maximum Gasteiger partial charge on any atom is 0.472 e. The fourth-order valence-electron chi connectivity index (χ4n) is 8.96. The number of ether oxygens (including phenoxy) is 2. The van der Waals surface area contributed by atoms with Gasteiger partial charge in [0.2, 0.25) is 0 Å². The van der Waals surface area contributed by atoms with E-state index in [9.17, 15) is 19.0 Å². The van der Waals surface area contributed by atoms with Crippen LogP contribution in [-0.4, -0.2) is 74.9 Å². The van der Waals surface area contributed by atoms with Gasteiger partial charge in [-0.3, -0.25) is 18.6 Å². The summed E-state index contributed by atoms with van der Waals surface area (Å²) < 4.78 is 34.7. The Hall–Kier alpha value is -2.81. The topological polar surface area (TPSA) is 108 Å². The van der Waals surface area contributed by atoms with Crippen LogP contribution >= 0.6 is 7.82 Å². The van der Waals surface area contributed by atoms with Crippen molar-refractivity contribution in [1.82, 2.24) is 0 Å². The molecular weight excluding hydrogens is 990 g/mol. The summed E-state index contributed by atoms with van der Waals surface area (Å²) >= 11 is 0. The van der Waals surface area contributed by atoms with Crippen molar-refractivity contribution >= 4 is 19.8 Å². The molecule has 78 heavy (non-hydrogen) atoms. The molecular formula is C68H123NO8P+. The molecule has 1 N–H and O–H groups in total. The van der Waals surface area contributed by atoms with Crippen molar-refractivity contribution in [3.63, 3.8) is 0 Å². The minimum Gasteiger partial charge on any atom is -0.462 e. The van der Waals surface area contributed by atoms with Gasteiger partial charge in [0, 0.05) is 12.8 Å². The number of phosphoric acid groups is 1. The Morgan fingerprint density at radius 2 is 0.731 bits per heavy atom. The summed E-state index contributed by atoms with van der Waals surface area (Å²) in [5.41, 5.74) is 0. The molecule has 0 aliphatic rings. The summed E-state index contributed by atoms with van der Waals surface area (Å²) in [5, 5.41) is 0. The molecule has 0 aliphatic heterocycles. The smallest absolute Gasteiger partial charge is 0.462 e. The third-order valence-electron chi connectivity index (χ3n) is 13.9. The van der Waals surface area contributed by atoms with E-state index in [-0.39, 0.29) is 32.0 Å². The van der Waals surface area contributed by atoms with Crippen molar-refractivity contribution in [2.75, 3.05) is 47.5 Å². The number of carbonyl (C=O) groups is 2. The van der Waals surface area contributed by atoms with Crippen LogP contribution in [-0.2, 0) is 32.7 Å². The van der Waals surface area contributed by atoms with E-state index in [2.05, 4.69) is 98.9 Å². The molecule has 0 bridgehead atoms. The molecule has 0 aliphatic carbocycles. The van der Waals surface area contributed by atoms with Gasteiger partial charge in [-0.2, -0.15) is 0 Å². The number of unbranched alkanes of at least 4 members (excludes halogenated alkanes) is 31. The SMILES string of the molecule is CC/C=C\C/C=C\C/C=C\C/C=C\C/C=C\CCCCCCCCCCCCCCCCCCCC(=O)OC(COC(=O)CCCCCCCCCCC/C=C\C/C=C\CCCCCCC)COP(=O)(O)OCC[N+](C)(C)C. The lowest BCUT2D eigenvalue weighted by molar-refractivity contribution is -0.870. The highest BCUT2D eigenvalue weighted by atomic mass is 31.2. The normalized spacial score (nSPS) is 13.8. The number of likely N-dealkylation sites (N-methyl/N-ethyl adjacent to an activating group) is 1. The Bertz CT molecular complexity index is 1590. The van der Waals surface area contributed by atoms with E-state index in [1.165, 1.54) is 180 Å². The Morgan fingerprint density at radius 3 is 1.09 bits per heavy atom. The molecule has 0 aromatic carbocycles. The first kappa shape index (κ1) is 75.2. The fraction of sp³-hybridized carbons (Fsp3) is 0.765. The molecule has 0 rings (SSSR count). The Morgan fingerprint density at radius 1 is 0.410 bits per heavy atom. The number of rotatable bonds is 59. The minimum atomic E-state index is -4.39. The summed E-state index contributed by atoms with van der Waals surface area (Å²) in [4.78, 5) is 35.8. The van der Waals surface area contributed by atoms with Crippen LogP contribution in [0.2, 0.25) is 0 Å². The zero-order chi connectivity index (χ0) is 57.0. The molecule has 0 saturated heterocycles. The maximum atomic E-state index is 12.9. The third-order valence-corrected chi connectivity index (χ3v) is 14.9. The van der Waals surface area contributed by atoms with E-state index in [1.807, 2.05) is 21.1 Å². The van der Waals surface area contributed by atoms with Crippen LogP contribution in [0.3, 0.4) is 0 Å². The van der Waals surface area contributed by atoms with Crippen LogP contribution in [0.1, 0.15) is 284 Å². The molecule has 0 saturated carbocycles. The van der Waals surface area contributed by atoms with E-state index < -0.39 is 26.5 Å². The van der Waals surface area contributed by atoms with Crippen molar-refractivity contribution < 1.29 is 42.1 Å². The highest BCUT2D eigenvalue weighted by Crippen LogP contribution is 2.43. The molecule has 0 fully saturated rings. The standard InChI is InChI=1S/C68H122NO8P/c1-6-8-10-12-14-16-18-20-22-24-26-28-29-30-31-32-33-34-35-36-37-38-39-41-43-45-47-49-51-53-55-57-59-61-68(71)77-66(65-76-78(72,73)75-63-62-69(3,4)5)64-74-67(70)60-58-56-54-52-50-48-46-44-42-40-27-25-23-21-19-17-15-13-11-9-7-2/h8,10,14,16,19-22,25-28,30-31,66H,6-7,9,11-13,15,17-18,23-24,29,32-65H2,1-5H3/p+1/b10-8-,16-14-,21-19-,22-20-,27-25-,28-26-,31-30-. The second kappa shape index (κ2) is 58.8. The first-order chi connectivity index (χ1) is 38.0. The van der Waals surface area contributed by atoms with Gasteiger partial charge in [0.05, 0.1) is 27.7 Å². The average Bonchev–Trinajstić information content (AvgIpc) is 3.41. The highest BCUT2D eigenvalue weighted by Gasteiger charge is 2.27. The van der Waals surface area contributed by atoms with Crippen molar-refractivity contribution in [3.8, 4) is 0 Å². The largest absolute Gasteiger partial charge is 0.472 e. The highest BCUT2D eigenvalue weighted by molar-refractivity contribution is 7.47. The lowest BCUT2D eigenvalue weighted by Crippen LogP contribution is -2.37. The predicted octanol–water partition coefficient (Wildman–Crippen LogP) is 20.6. The maximum absolute atomic E-state index is 12.9. The number of esters is 2. The zero-order valence-corrected chi connectivity index (χ0v) is 52.3. The molecule has 0 aromatic heterocycles. The fourth-order valence-corrected chi connectivity index (χ4v) is 9.70. The van der Waals surface area contributed by atoms with Crippen LogP contribution in [0.25, 0.3) is 0 Å². The summed E-state index contributed by atoms with van der Waals surface area (Å²) in [6, 6.07) is 0. The van der Waals surface area contributed by atoms with Crippen molar-refractivity contribution in [1.29, 1.82) is 0 Å². The molecule has 0 heterocycles. The summed E-state index contributed by atoms with van der Waals surface area (Å²) in [6.07, 6.45) is 79.5. The lowest BCUT2D eigenvalue weighted by atomic mass is 10.0. The molecule has 9 nitrogen and oxygen atoms in total. The summed E-state index contributed by atoms with van der Waals surface area (Å²) in [7, 11) is 1.48. The second-order valence-corrected chi connectivity index (χ2v) is 24.2. The molecule has 452 valence electrons. The van der Waals surface area contributed by atoms with Crippen molar-refractivity contribution in [2.45, 2.75) is 290 Å². The van der Waals surface area contributed by atoms with E-state index in [4.69, 9.17) is 18.5 Å². The van der Waals surface area contributed by atoms with Crippen LogP contribution < -0.4 is 0 Å². The van der Waals surface area contributed by atoms with Gasteiger partial charge in [0.1, 0.15) is 19.8 Å². The van der Waals surface area contributed by atoms with Gasteiger partial charge in [-0.05, 0) is 89.9 Å². The number of quaternary nitrogens is 1. The van der Waals surface area contributed by atoms with Gasteiger partial charge >= 0.3 is 19.8 Å². The number of nitrogens with zero attached hydrogens (tertiary/aromatic N) is 1. The first-order valence-electron chi connectivity index (χ1n) is 32.3.